The highest BCUT2D eigenvalue weighted by molar-refractivity contribution is 5.95. The van der Waals surface area contributed by atoms with E-state index in [0.29, 0.717) is 64.8 Å². The minimum atomic E-state index is -0.145. The van der Waals surface area contributed by atoms with Gasteiger partial charge in [0.2, 0.25) is 5.91 Å². The van der Waals surface area contributed by atoms with Gasteiger partial charge in [-0.15, -0.1) is 0 Å². The molecule has 200 valence electrons. The highest BCUT2D eigenvalue weighted by Gasteiger charge is 2.37. The van der Waals surface area contributed by atoms with Crippen LogP contribution in [0.25, 0.3) is 11.0 Å². The summed E-state index contributed by atoms with van der Waals surface area (Å²) in [6, 6.07) is 7.81. The van der Waals surface area contributed by atoms with Crippen molar-refractivity contribution in [3.05, 3.63) is 30.1 Å². The minimum Gasteiger partial charge on any atom is -0.385 e. The van der Waals surface area contributed by atoms with Crippen molar-refractivity contribution in [3.63, 3.8) is 0 Å². The third-order valence-corrected chi connectivity index (χ3v) is 7.01. The number of unbranched alkanes of at least 4 members (excludes halogenated alkanes) is 1. The van der Waals surface area contributed by atoms with Crippen LogP contribution in [-0.2, 0) is 20.8 Å². The number of morpholine rings is 1. The van der Waals surface area contributed by atoms with E-state index in [2.05, 4.69) is 9.88 Å². The van der Waals surface area contributed by atoms with Crippen LogP contribution in [0.2, 0.25) is 0 Å². The number of nitrogens with zero attached hydrogens (tertiary/aromatic N) is 4. The second kappa shape index (κ2) is 13.2. The van der Waals surface area contributed by atoms with Crippen LogP contribution in [0.5, 0.6) is 0 Å². The molecule has 9 heteroatoms. The van der Waals surface area contributed by atoms with Crippen molar-refractivity contribution in [2.75, 3.05) is 53.1 Å². The van der Waals surface area contributed by atoms with Gasteiger partial charge in [0.05, 0.1) is 30.2 Å². The van der Waals surface area contributed by atoms with E-state index in [1.807, 2.05) is 47.9 Å². The fraction of sp³-hybridized carbons (Fsp3) is 0.667. The Morgan fingerprint density at radius 2 is 1.94 bits per heavy atom. The first-order chi connectivity index (χ1) is 17.0. The number of nitrogens with one attached hydrogen (secondary N) is 1. The lowest BCUT2D eigenvalue weighted by molar-refractivity contribution is -0.140. The number of methoxy groups -OCH3 is 1. The number of aryl methyl sites for hydroxylation is 1. The fourth-order valence-electron chi connectivity index (χ4n) is 5.28. The van der Waals surface area contributed by atoms with Crippen LogP contribution in [0, 0.1) is 5.92 Å². The number of fused-ring (bicyclic) bond motifs is 1. The molecule has 2 aliphatic heterocycles. The number of amides is 2. The molecule has 2 aliphatic rings. The third-order valence-electron chi connectivity index (χ3n) is 7.01. The molecular formula is C27H43N5O4. The summed E-state index contributed by atoms with van der Waals surface area (Å²) in [6.07, 6.45) is 2.47. The minimum absolute atomic E-state index is 0. The van der Waals surface area contributed by atoms with Crippen molar-refractivity contribution in [2.24, 2.45) is 5.92 Å². The van der Waals surface area contributed by atoms with Gasteiger partial charge in [-0.3, -0.25) is 9.59 Å². The van der Waals surface area contributed by atoms with E-state index in [0.717, 1.165) is 23.9 Å². The van der Waals surface area contributed by atoms with Gasteiger partial charge in [-0.2, -0.15) is 0 Å². The predicted molar refractivity (Wildman–Crippen MR) is 141 cm³/mol. The van der Waals surface area contributed by atoms with Crippen LogP contribution in [0.3, 0.4) is 0 Å². The molecule has 36 heavy (non-hydrogen) atoms. The number of hydrogen-bond donors (Lipinski definition) is 1. The molecule has 0 aliphatic carbocycles. The molecule has 2 saturated heterocycles. The highest BCUT2D eigenvalue weighted by Crippen LogP contribution is 2.25. The number of benzene rings is 1. The Kier molecular flexibility index (Phi) is 10.3. The summed E-state index contributed by atoms with van der Waals surface area (Å²) in [5.74, 6) is 0.411. The van der Waals surface area contributed by atoms with Gasteiger partial charge in [0, 0.05) is 58.5 Å². The number of imidazole rings is 1. The molecule has 3 heterocycles. The first kappa shape index (κ1) is 28.1. The normalized spacial score (nSPS) is 20.4. The molecule has 1 N–H and O–H groups in total. The predicted octanol–water partition coefficient (Wildman–Crippen LogP) is 2.79. The van der Waals surface area contributed by atoms with Crippen LogP contribution in [0.4, 0.5) is 0 Å². The van der Waals surface area contributed by atoms with Gasteiger partial charge < -0.3 is 29.2 Å². The van der Waals surface area contributed by atoms with Gasteiger partial charge in [-0.1, -0.05) is 19.6 Å². The number of rotatable bonds is 9. The summed E-state index contributed by atoms with van der Waals surface area (Å²) in [6.45, 7) is 9.25. The second-order valence-corrected chi connectivity index (χ2v) is 9.76. The summed E-state index contributed by atoms with van der Waals surface area (Å²) in [4.78, 5) is 35.8. The van der Waals surface area contributed by atoms with Gasteiger partial charge in [0.15, 0.2) is 5.82 Å². The third kappa shape index (κ3) is 6.25. The maximum Gasteiger partial charge on any atom is 0.290 e. The average Bonchev–Trinajstić information content (AvgIpc) is 3.25. The molecule has 0 saturated carbocycles. The molecule has 0 unspecified atom stereocenters. The van der Waals surface area contributed by atoms with E-state index in [-0.39, 0.29) is 37.2 Å². The summed E-state index contributed by atoms with van der Waals surface area (Å²) in [5, 5.41) is 3.42. The lowest BCUT2D eigenvalue weighted by Crippen LogP contribution is -2.57. The number of carbonyl (C=O) groups excluding carboxylic acids is 2. The summed E-state index contributed by atoms with van der Waals surface area (Å²) in [7, 11) is 1.71. The molecule has 0 radical (unpaired) electrons. The Balaban J connectivity index is 0.00000361. The number of hydrogen-bond acceptors (Lipinski definition) is 6. The van der Waals surface area contributed by atoms with E-state index < -0.39 is 0 Å². The van der Waals surface area contributed by atoms with Crippen molar-refractivity contribution in [1.82, 2.24) is 24.7 Å². The Morgan fingerprint density at radius 1 is 1.19 bits per heavy atom. The molecule has 1 aromatic carbocycles. The van der Waals surface area contributed by atoms with E-state index in [4.69, 9.17) is 14.5 Å². The topological polar surface area (TPSA) is 88.9 Å². The average molecular weight is 502 g/mol. The Hall–Kier alpha value is -2.49. The van der Waals surface area contributed by atoms with E-state index in [9.17, 15) is 9.59 Å². The van der Waals surface area contributed by atoms with Gasteiger partial charge in [-0.05, 0) is 45.2 Å². The lowest BCUT2D eigenvalue weighted by atomic mass is 9.92. The molecule has 2 fully saturated rings. The molecule has 2 aromatic rings. The maximum absolute atomic E-state index is 14.0. The maximum atomic E-state index is 14.0. The Morgan fingerprint density at radius 3 is 2.67 bits per heavy atom. The van der Waals surface area contributed by atoms with E-state index >= 15 is 0 Å². The van der Waals surface area contributed by atoms with E-state index in [1.165, 1.54) is 0 Å². The first-order valence-electron chi connectivity index (χ1n) is 12.9. The fourth-order valence-corrected chi connectivity index (χ4v) is 5.28. The van der Waals surface area contributed by atoms with Crippen LogP contribution in [0.1, 0.15) is 51.2 Å². The molecule has 0 spiro atoms. The van der Waals surface area contributed by atoms with Gasteiger partial charge >= 0.3 is 0 Å². The summed E-state index contributed by atoms with van der Waals surface area (Å²) < 4.78 is 12.7. The standard InChI is InChI=1S/C26H39N5O4.CH4/c1-19(2)31(21-16-20(17-27-18-21)25(32)29-11-14-35-15-12-29)26(33)24-28-22-8-4-5-9-23(22)30(24)10-6-7-13-34-3;/h4-5,8-9,19-21,27H,6-7,10-18H2,1-3H3;1H4/t20-,21+;/m1./s1. The zero-order valence-electron chi connectivity index (χ0n) is 21.2. The molecule has 4 rings (SSSR count). The van der Waals surface area contributed by atoms with Gasteiger partial charge in [-0.25, -0.2) is 4.98 Å². The molecule has 0 bridgehead atoms. The molecule has 1 aromatic heterocycles. The van der Waals surface area contributed by atoms with Crippen molar-refractivity contribution in [3.8, 4) is 0 Å². The van der Waals surface area contributed by atoms with Crippen molar-refractivity contribution in [1.29, 1.82) is 0 Å². The van der Waals surface area contributed by atoms with Gasteiger partial charge in [0.25, 0.3) is 5.91 Å². The highest BCUT2D eigenvalue weighted by atomic mass is 16.5. The lowest BCUT2D eigenvalue weighted by Gasteiger charge is -2.41. The summed E-state index contributed by atoms with van der Waals surface area (Å²) >= 11 is 0. The number of carbonyl (C=O) groups is 2. The zero-order valence-corrected chi connectivity index (χ0v) is 21.2. The van der Waals surface area contributed by atoms with Gasteiger partial charge in [0.1, 0.15) is 0 Å². The Bertz CT molecular complexity index is 1000. The monoisotopic (exact) mass is 501 g/mol. The van der Waals surface area contributed by atoms with Crippen LogP contribution in [-0.4, -0.2) is 96.4 Å². The SMILES string of the molecule is C.COCCCCn1c(C(=O)N(C(C)C)[C@@H]2CNC[C@H](C(=O)N3CCOCC3)C2)nc2ccccc21. The second-order valence-electron chi connectivity index (χ2n) is 9.76. The number of piperidine rings is 1. The van der Waals surface area contributed by atoms with Crippen LogP contribution >= 0.6 is 0 Å². The molecule has 2 amide bonds. The zero-order chi connectivity index (χ0) is 24.8. The first-order valence-corrected chi connectivity index (χ1v) is 12.9. The Labute approximate surface area is 215 Å². The summed E-state index contributed by atoms with van der Waals surface area (Å²) in [5.41, 5.74) is 1.80. The van der Waals surface area contributed by atoms with Crippen LogP contribution in [0.15, 0.2) is 24.3 Å². The molecular weight excluding hydrogens is 458 g/mol. The molecule has 9 nitrogen and oxygen atoms in total. The quantitative estimate of drug-likeness (QED) is 0.532. The number of ether oxygens (including phenoxy) is 2. The van der Waals surface area contributed by atoms with E-state index in [1.54, 1.807) is 7.11 Å². The largest absolute Gasteiger partial charge is 0.385 e. The number of para-hydroxylation sites is 2. The molecule has 2 atom stereocenters. The van der Waals surface area contributed by atoms with Crippen molar-refractivity contribution < 1.29 is 19.1 Å². The van der Waals surface area contributed by atoms with Crippen molar-refractivity contribution in [2.45, 2.75) is 59.2 Å². The van der Waals surface area contributed by atoms with Crippen molar-refractivity contribution >= 4 is 22.8 Å². The smallest absolute Gasteiger partial charge is 0.290 e. The number of aromatic nitrogens is 2. The van der Waals surface area contributed by atoms with Crippen LogP contribution < -0.4 is 5.32 Å².